The van der Waals surface area contributed by atoms with Gasteiger partial charge in [0, 0.05) is 5.41 Å². The van der Waals surface area contributed by atoms with Crippen molar-refractivity contribution >= 4 is 0 Å². The lowest BCUT2D eigenvalue weighted by atomic mass is 9.75. The topological polar surface area (TPSA) is 29.5 Å². The van der Waals surface area contributed by atoms with E-state index in [9.17, 15) is 5.11 Å². The molecule has 2 unspecified atom stereocenters. The lowest BCUT2D eigenvalue weighted by Crippen LogP contribution is -2.32. The molecular weight excluding hydrogens is 260 g/mol. The average molecular weight is 296 g/mol. The van der Waals surface area contributed by atoms with E-state index in [1.165, 1.54) is 32.1 Å². The lowest BCUT2D eigenvalue weighted by Gasteiger charge is -2.34. The highest BCUT2D eigenvalue weighted by atomic mass is 16.5. The number of methoxy groups -OCH3 is 1. The van der Waals surface area contributed by atoms with Gasteiger partial charge in [0.15, 0.2) is 0 Å². The van der Waals surface area contributed by atoms with E-state index in [1.54, 1.807) is 7.11 Å². The summed E-state index contributed by atoms with van der Waals surface area (Å²) in [6.45, 7) is 10.6. The lowest BCUT2D eigenvalue weighted by molar-refractivity contribution is 0.0207. The monoisotopic (exact) mass is 296 g/mol. The van der Waals surface area contributed by atoms with Gasteiger partial charge in [0.05, 0.1) is 19.0 Å². The smallest absolute Gasteiger partial charge is 0.0939 e. The number of hydrogen-bond donors (Lipinski definition) is 1. The van der Waals surface area contributed by atoms with Crippen LogP contribution in [0.5, 0.6) is 0 Å². The number of ether oxygens (including phenoxy) is 1. The first kappa shape index (κ1) is 18.5. The van der Waals surface area contributed by atoms with Crippen LogP contribution in [-0.4, -0.2) is 18.3 Å². The van der Waals surface area contributed by atoms with Crippen LogP contribution in [0.1, 0.15) is 78.6 Å². The molecule has 0 amide bonds. The zero-order chi connectivity index (χ0) is 15.9. The Bertz CT molecular complexity index is 303. The summed E-state index contributed by atoms with van der Waals surface area (Å²) in [5.74, 6) is 1.82. The standard InChI is InChI=1S/C19H36O2/c1-6-10-16(13-14-19(3,4)15(2)21-5)18(20)17-11-8-7-9-12-17/h16-18,20H,2,6-14H2,1,3-5H3. The highest BCUT2D eigenvalue weighted by molar-refractivity contribution is 4.98. The molecule has 1 N–H and O–H groups in total. The van der Waals surface area contributed by atoms with E-state index in [1.807, 2.05) is 0 Å². The van der Waals surface area contributed by atoms with Gasteiger partial charge in [-0.25, -0.2) is 0 Å². The number of rotatable bonds is 9. The van der Waals surface area contributed by atoms with Crippen molar-refractivity contribution < 1.29 is 9.84 Å². The third-order valence-electron chi connectivity index (χ3n) is 5.42. The maximum absolute atomic E-state index is 10.8. The fraction of sp³-hybridized carbons (Fsp3) is 0.895. The number of aliphatic hydroxyl groups is 1. The van der Waals surface area contributed by atoms with Gasteiger partial charge in [-0.2, -0.15) is 0 Å². The minimum absolute atomic E-state index is 0.00692. The minimum atomic E-state index is -0.114. The Balaban J connectivity index is 2.57. The van der Waals surface area contributed by atoms with Crippen molar-refractivity contribution in [3.63, 3.8) is 0 Å². The number of allylic oxidation sites excluding steroid dienone is 1. The summed E-state index contributed by atoms with van der Waals surface area (Å²) in [5.41, 5.74) is -0.00692. The van der Waals surface area contributed by atoms with Crippen molar-refractivity contribution in [2.45, 2.75) is 84.7 Å². The molecule has 0 bridgehead atoms. The summed E-state index contributed by atoms with van der Waals surface area (Å²) in [5, 5.41) is 10.8. The van der Waals surface area contributed by atoms with Gasteiger partial charge in [0.1, 0.15) is 0 Å². The van der Waals surface area contributed by atoms with Crippen LogP contribution in [0, 0.1) is 17.3 Å². The Labute approximate surface area is 132 Å². The third kappa shape index (κ3) is 5.65. The van der Waals surface area contributed by atoms with Crippen LogP contribution >= 0.6 is 0 Å². The van der Waals surface area contributed by atoms with E-state index in [4.69, 9.17) is 4.74 Å². The molecule has 1 aliphatic rings. The zero-order valence-electron chi connectivity index (χ0n) is 14.7. The molecule has 1 rings (SSSR count). The molecule has 1 saturated carbocycles. The predicted molar refractivity (Wildman–Crippen MR) is 90.1 cm³/mol. The van der Waals surface area contributed by atoms with Gasteiger partial charge in [0.2, 0.25) is 0 Å². The average Bonchev–Trinajstić information content (AvgIpc) is 2.50. The van der Waals surface area contributed by atoms with Gasteiger partial charge in [-0.3, -0.25) is 0 Å². The summed E-state index contributed by atoms with van der Waals surface area (Å²) >= 11 is 0. The first-order valence-corrected chi connectivity index (χ1v) is 8.83. The Kier molecular flexibility index (Phi) is 7.79. The molecule has 0 aliphatic heterocycles. The van der Waals surface area contributed by atoms with Gasteiger partial charge in [-0.1, -0.05) is 53.0 Å². The fourth-order valence-corrected chi connectivity index (χ4v) is 3.68. The molecule has 0 aromatic carbocycles. The molecule has 2 nitrogen and oxygen atoms in total. The first-order chi connectivity index (χ1) is 9.92. The Morgan fingerprint density at radius 2 is 1.86 bits per heavy atom. The molecule has 0 aromatic heterocycles. The molecule has 1 fully saturated rings. The number of hydrogen-bond acceptors (Lipinski definition) is 2. The van der Waals surface area contributed by atoms with Crippen LogP contribution in [0.15, 0.2) is 12.3 Å². The highest BCUT2D eigenvalue weighted by Crippen LogP contribution is 2.37. The van der Waals surface area contributed by atoms with Crippen LogP contribution in [0.25, 0.3) is 0 Å². The maximum Gasteiger partial charge on any atom is 0.0939 e. The van der Waals surface area contributed by atoms with E-state index < -0.39 is 0 Å². The summed E-state index contributed by atoms with van der Waals surface area (Å²) in [4.78, 5) is 0. The molecule has 2 atom stereocenters. The van der Waals surface area contributed by atoms with Gasteiger partial charge >= 0.3 is 0 Å². The van der Waals surface area contributed by atoms with Gasteiger partial charge in [-0.15, -0.1) is 0 Å². The van der Waals surface area contributed by atoms with Crippen LogP contribution < -0.4 is 0 Å². The molecule has 21 heavy (non-hydrogen) atoms. The summed E-state index contributed by atoms with van der Waals surface area (Å²) in [6.07, 6.45) is 10.7. The second kappa shape index (κ2) is 8.82. The first-order valence-electron chi connectivity index (χ1n) is 8.83. The van der Waals surface area contributed by atoms with E-state index >= 15 is 0 Å². The molecule has 0 radical (unpaired) electrons. The van der Waals surface area contributed by atoms with Crippen LogP contribution in [0.2, 0.25) is 0 Å². The zero-order valence-corrected chi connectivity index (χ0v) is 14.7. The van der Waals surface area contributed by atoms with Crippen molar-refractivity contribution in [3.05, 3.63) is 12.3 Å². The fourth-order valence-electron chi connectivity index (χ4n) is 3.68. The molecule has 124 valence electrons. The Morgan fingerprint density at radius 3 is 2.38 bits per heavy atom. The van der Waals surface area contributed by atoms with Crippen molar-refractivity contribution in [2.75, 3.05) is 7.11 Å². The second-order valence-corrected chi connectivity index (χ2v) is 7.49. The van der Waals surface area contributed by atoms with E-state index in [0.29, 0.717) is 11.8 Å². The molecule has 0 heterocycles. The van der Waals surface area contributed by atoms with Crippen molar-refractivity contribution in [3.8, 4) is 0 Å². The maximum atomic E-state index is 10.8. The van der Waals surface area contributed by atoms with Crippen molar-refractivity contribution in [1.82, 2.24) is 0 Å². The van der Waals surface area contributed by atoms with Crippen LogP contribution in [-0.2, 0) is 4.74 Å². The number of aliphatic hydroxyl groups excluding tert-OH is 1. The summed E-state index contributed by atoms with van der Waals surface area (Å²) < 4.78 is 5.33. The third-order valence-corrected chi connectivity index (χ3v) is 5.42. The molecule has 0 saturated heterocycles. The summed E-state index contributed by atoms with van der Waals surface area (Å²) in [7, 11) is 1.70. The molecule has 0 aromatic rings. The van der Waals surface area contributed by atoms with Crippen molar-refractivity contribution in [2.24, 2.45) is 17.3 Å². The van der Waals surface area contributed by atoms with Gasteiger partial charge < -0.3 is 9.84 Å². The van der Waals surface area contributed by atoms with Gasteiger partial charge in [0.25, 0.3) is 0 Å². The predicted octanol–water partition coefficient (Wildman–Crippen LogP) is 5.31. The van der Waals surface area contributed by atoms with E-state index in [-0.39, 0.29) is 11.5 Å². The highest BCUT2D eigenvalue weighted by Gasteiger charge is 2.31. The minimum Gasteiger partial charge on any atom is -0.501 e. The molecule has 2 heteroatoms. The second-order valence-electron chi connectivity index (χ2n) is 7.49. The summed E-state index contributed by atoms with van der Waals surface area (Å²) in [6, 6.07) is 0. The SMILES string of the molecule is C=C(OC)C(C)(C)CCC(CCC)C(O)C1CCCCC1. The van der Waals surface area contributed by atoms with Crippen LogP contribution in [0.4, 0.5) is 0 Å². The van der Waals surface area contributed by atoms with E-state index in [0.717, 1.165) is 31.4 Å². The normalized spacial score (nSPS) is 20.0. The molecule has 1 aliphatic carbocycles. The Morgan fingerprint density at radius 1 is 1.24 bits per heavy atom. The molecular formula is C19H36O2. The molecule has 0 spiro atoms. The van der Waals surface area contributed by atoms with E-state index in [2.05, 4.69) is 27.4 Å². The Hall–Kier alpha value is -0.500. The van der Waals surface area contributed by atoms with Gasteiger partial charge in [-0.05, 0) is 43.9 Å². The quantitative estimate of drug-likeness (QED) is 0.584. The van der Waals surface area contributed by atoms with Crippen molar-refractivity contribution in [1.29, 1.82) is 0 Å². The van der Waals surface area contributed by atoms with Crippen LogP contribution in [0.3, 0.4) is 0 Å². The largest absolute Gasteiger partial charge is 0.501 e.